The predicted octanol–water partition coefficient (Wildman–Crippen LogP) is 4.89. The Kier molecular flexibility index (Phi) is 5.23. The zero-order chi connectivity index (χ0) is 19.5. The van der Waals surface area contributed by atoms with Crippen LogP contribution in [0, 0.1) is 0 Å². The number of ether oxygens (including phenoxy) is 3. The van der Waals surface area contributed by atoms with Gasteiger partial charge in [0.2, 0.25) is 0 Å². The number of hydrogen-bond donors (Lipinski definition) is 2. The number of methoxy groups -OCH3 is 1. The largest absolute Gasteiger partial charge is 0.495 e. The van der Waals surface area contributed by atoms with Gasteiger partial charge >= 0.3 is 6.03 Å². The van der Waals surface area contributed by atoms with Gasteiger partial charge < -0.3 is 19.5 Å². The number of aromatic nitrogens is 1. The van der Waals surface area contributed by atoms with E-state index < -0.39 is 6.03 Å². The summed E-state index contributed by atoms with van der Waals surface area (Å²) in [4.78, 5) is 16.8. The Morgan fingerprint density at radius 1 is 1.14 bits per heavy atom. The Morgan fingerprint density at radius 2 is 1.96 bits per heavy atom. The quantitative estimate of drug-likeness (QED) is 0.631. The number of fused-ring (bicyclic) bond motifs is 1. The molecule has 9 heteroatoms. The molecule has 144 valence electrons. The fourth-order valence-corrected chi connectivity index (χ4v) is 3.58. The molecule has 1 aliphatic heterocycles. The first-order valence-electron chi connectivity index (χ1n) is 8.39. The molecule has 0 saturated carbocycles. The summed E-state index contributed by atoms with van der Waals surface area (Å²) < 4.78 is 16.4. The number of hydrogen-bond acceptors (Lipinski definition) is 6. The van der Waals surface area contributed by atoms with E-state index in [4.69, 9.17) is 25.8 Å². The minimum atomic E-state index is -0.441. The van der Waals surface area contributed by atoms with Gasteiger partial charge in [0.25, 0.3) is 0 Å². The van der Waals surface area contributed by atoms with Gasteiger partial charge in [-0.1, -0.05) is 11.6 Å². The van der Waals surface area contributed by atoms with Crippen molar-refractivity contribution in [2.75, 3.05) is 31.0 Å². The number of amides is 2. The van der Waals surface area contributed by atoms with Gasteiger partial charge in [-0.25, -0.2) is 9.78 Å². The molecule has 7 nitrogen and oxygen atoms in total. The number of carbonyl (C=O) groups excluding carboxylic acids is 1. The van der Waals surface area contributed by atoms with Crippen molar-refractivity contribution in [1.82, 2.24) is 4.98 Å². The molecular weight excluding hydrogens is 402 g/mol. The second kappa shape index (κ2) is 7.95. The standard InChI is InChI=1S/C19H16ClN3O4S/c1-25-15-5-3-12(20)9-13(15)21-18(24)23-19-22-14(10-28-19)11-2-4-16-17(8-11)27-7-6-26-16/h2-5,8-10H,6-7H2,1H3,(H2,21,22,23,24). The molecule has 0 radical (unpaired) electrons. The van der Waals surface area contributed by atoms with Crippen molar-refractivity contribution in [2.45, 2.75) is 0 Å². The summed E-state index contributed by atoms with van der Waals surface area (Å²) >= 11 is 7.30. The highest BCUT2D eigenvalue weighted by Gasteiger charge is 2.15. The molecule has 0 bridgehead atoms. The van der Waals surface area contributed by atoms with Crippen LogP contribution in [0.1, 0.15) is 0 Å². The average molecular weight is 418 g/mol. The van der Waals surface area contributed by atoms with Crippen molar-refractivity contribution in [1.29, 1.82) is 0 Å². The molecule has 0 spiro atoms. The summed E-state index contributed by atoms with van der Waals surface area (Å²) in [5, 5.41) is 8.24. The second-order valence-electron chi connectivity index (χ2n) is 5.82. The molecule has 1 aliphatic rings. The van der Waals surface area contributed by atoms with Crippen molar-refractivity contribution in [3.8, 4) is 28.5 Å². The van der Waals surface area contributed by atoms with E-state index >= 15 is 0 Å². The van der Waals surface area contributed by atoms with Gasteiger partial charge in [0.05, 0.1) is 18.5 Å². The third-order valence-corrected chi connectivity index (χ3v) is 4.97. The number of benzene rings is 2. The molecule has 1 aromatic heterocycles. The van der Waals surface area contributed by atoms with Gasteiger partial charge in [-0.05, 0) is 36.4 Å². The summed E-state index contributed by atoms with van der Waals surface area (Å²) in [6, 6.07) is 10.2. The van der Waals surface area contributed by atoms with Crippen molar-refractivity contribution in [3.63, 3.8) is 0 Å². The Bertz CT molecular complexity index is 1020. The van der Waals surface area contributed by atoms with Gasteiger partial charge in [0.1, 0.15) is 19.0 Å². The Balaban J connectivity index is 1.46. The van der Waals surface area contributed by atoms with Crippen molar-refractivity contribution < 1.29 is 19.0 Å². The fourth-order valence-electron chi connectivity index (χ4n) is 2.69. The van der Waals surface area contributed by atoms with Crippen LogP contribution in [0.2, 0.25) is 5.02 Å². The van der Waals surface area contributed by atoms with Gasteiger partial charge in [0.15, 0.2) is 16.6 Å². The summed E-state index contributed by atoms with van der Waals surface area (Å²) in [6.07, 6.45) is 0. The van der Waals surface area contributed by atoms with Crippen LogP contribution in [0.5, 0.6) is 17.2 Å². The average Bonchev–Trinajstić information content (AvgIpc) is 3.16. The lowest BCUT2D eigenvalue weighted by Gasteiger charge is -2.18. The predicted molar refractivity (Wildman–Crippen MR) is 109 cm³/mol. The molecule has 28 heavy (non-hydrogen) atoms. The molecule has 2 N–H and O–H groups in total. The molecule has 2 aromatic carbocycles. The number of urea groups is 1. The number of anilines is 2. The zero-order valence-corrected chi connectivity index (χ0v) is 16.4. The topological polar surface area (TPSA) is 81.7 Å². The lowest BCUT2D eigenvalue weighted by Crippen LogP contribution is -2.19. The second-order valence-corrected chi connectivity index (χ2v) is 7.11. The van der Waals surface area contributed by atoms with Crippen molar-refractivity contribution in [2.24, 2.45) is 0 Å². The number of halogens is 1. The SMILES string of the molecule is COc1ccc(Cl)cc1NC(=O)Nc1nc(-c2ccc3c(c2)OCCO3)cs1. The van der Waals surface area contributed by atoms with Gasteiger partial charge in [0, 0.05) is 16.0 Å². The maximum absolute atomic E-state index is 12.3. The summed E-state index contributed by atoms with van der Waals surface area (Å²) in [7, 11) is 1.52. The van der Waals surface area contributed by atoms with E-state index in [1.54, 1.807) is 18.2 Å². The van der Waals surface area contributed by atoms with Crippen LogP contribution >= 0.6 is 22.9 Å². The lowest BCUT2D eigenvalue weighted by atomic mass is 10.1. The first kappa shape index (κ1) is 18.4. The van der Waals surface area contributed by atoms with Gasteiger partial charge in [-0.3, -0.25) is 5.32 Å². The molecule has 0 saturated heterocycles. The van der Waals surface area contributed by atoms with Crippen LogP contribution in [0.3, 0.4) is 0 Å². The monoisotopic (exact) mass is 417 g/mol. The molecule has 3 aromatic rings. The van der Waals surface area contributed by atoms with Crippen LogP contribution in [0.4, 0.5) is 15.6 Å². The number of rotatable bonds is 4. The van der Waals surface area contributed by atoms with E-state index in [1.807, 2.05) is 23.6 Å². The molecule has 2 amide bonds. The van der Waals surface area contributed by atoms with Crippen LogP contribution in [0.25, 0.3) is 11.3 Å². The minimum Gasteiger partial charge on any atom is -0.495 e. The first-order valence-corrected chi connectivity index (χ1v) is 9.65. The molecule has 2 heterocycles. The highest BCUT2D eigenvalue weighted by molar-refractivity contribution is 7.14. The van der Waals surface area contributed by atoms with Gasteiger partial charge in [-0.2, -0.15) is 0 Å². The lowest BCUT2D eigenvalue weighted by molar-refractivity contribution is 0.171. The van der Waals surface area contributed by atoms with E-state index in [1.165, 1.54) is 18.4 Å². The molecule has 4 rings (SSSR count). The smallest absolute Gasteiger partial charge is 0.325 e. The van der Waals surface area contributed by atoms with Crippen LogP contribution in [-0.4, -0.2) is 31.3 Å². The Labute approximate surface area is 170 Å². The first-order chi connectivity index (χ1) is 13.6. The zero-order valence-electron chi connectivity index (χ0n) is 14.8. The van der Waals surface area contributed by atoms with Crippen molar-refractivity contribution >= 4 is 39.8 Å². The highest BCUT2D eigenvalue weighted by Crippen LogP contribution is 2.35. The fraction of sp³-hybridized carbons (Fsp3) is 0.158. The van der Waals surface area contributed by atoms with Crippen LogP contribution in [-0.2, 0) is 0 Å². The molecular formula is C19H16ClN3O4S. The molecule has 0 fully saturated rings. The van der Waals surface area contributed by atoms with E-state index in [0.717, 1.165) is 17.0 Å². The van der Waals surface area contributed by atoms with Crippen molar-refractivity contribution in [3.05, 3.63) is 46.8 Å². The summed E-state index contributed by atoms with van der Waals surface area (Å²) in [5.41, 5.74) is 2.08. The molecule has 0 atom stereocenters. The van der Waals surface area contributed by atoms with Crippen LogP contribution < -0.4 is 24.8 Å². The van der Waals surface area contributed by atoms with Crippen LogP contribution in [0.15, 0.2) is 41.8 Å². The maximum atomic E-state index is 12.3. The summed E-state index contributed by atoms with van der Waals surface area (Å²) in [6.45, 7) is 1.07. The normalized spacial score (nSPS) is 12.4. The van der Waals surface area contributed by atoms with E-state index in [9.17, 15) is 4.79 Å². The maximum Gasteiger partial charge on any atom is 0.325 e. The third kappa shape index (κ3) is 3.97. The Morgan fingerprint density at radius 3 is 2.79 bits per heavy atom. The van der Waals surface area contributed by atoms with E-state index in [0.29, 0.717) is 40.6 Å². The Hall–Kier alpha value is -2.97. The summed E-state index contributed by atoms with van der Waals surface area (Å²) in [5.74, 6) is 1.92. The van der Waals surface area contributed by atoms with Gasteiger partial charge in [-0.15, -0.1) is 11.3 Å². The molecule has 0 unspecified atom stereocenters. The number of nitrogens with one attached hydrogen (secondary N) is 2. The number of nitrogens with zero attached hydrogens (tertiary/aromatic N) is 1. The minimum absolute atomic E-state index is 0.441. The highest BCUT2D eigenvalue weighted by atomic mass is 35.5. The van der Waals surface area contributed by atoms with E-state index in [2.05, 4.69) is 15.6 Å². The number of thiazole rings is 1. The number of carbonyl (C=O) groups is 1. The molecule has 0 aliphatic carbocycles. The third-order valence-electron chi connectivity index (χ3n) is 3.97. The van der Waals surface area contributed by atoms with E-state index in [-0.39, 0.29) is 0 Å².